The van der Waals surface area contributed by atoms with E-state index in [4.69, 9.17) is 0 Å². The van der Waals surface area contributed by atoms with Crippen molar-refractivity contribution in [3.63, 3.8) is 0 Å². The molecule has 1 aromatic rings. The van der Waals surface area contributed by atoms with Crippen LogP contribution in [0.5, 0.6) is 0 Å². The molecule has 0 unspecified atom stereocenters. The smallest absolute Gasteiger partial charge is 0.122 e. The Bertz CT molecular complexity index is 292. The molecule has 0 aliphatic heterocycles. The number of allylic oxidation sites excluding steroid dienone is 4. The minimum atomic E-state index is 0.833. The van der Waals surface area contributed by atoms with Gasteiger partial charge in [-0.05, 0) is 19.8 Å². The second-order valence-corrected chi connectivity index (χ2v) is 4.71. The number of thiazole rings is 1. The van der Waals surface area contributed by atoms with Crippen LogP contribution in [0.1, 0.15) is 39.6 Å². The molecule has 1 aromatic heterocycles. The summed E-state index contributed by atoms with van der Waals surface area (Å²) in [6, 6.07) is 0. The Hall–Kier alpha value is -0.890. The van der Waals surface area contributed by atoms with Gasteiger partial charge in [-0.3, -0.25) is 0 Å². The van der Waals surface area contributed by atoms with Crippen LogP contribution in [0.2, 0.25) is 0 Å². The lowest BCUT2D eigenvalue weighted by atomic mass is 10.2. The molecular weight excluding hydrogens is 202 g/mol. The van der Waals surface area contributed by atoms with Crippen molar-refractivity contribution < 1.29 is 0 Å². The van der Waals surface area contributed by atoms with Gasteiger partial charge in [0.05, 0.1) is 0 Å². The summed E-state index contributed by atoms with van der Waals surface area (Å²) in [6.45, 7) is 10.5. The fourth-order valence-electron chi connectivity index (χ4n) is 0.837. The summed E-state index contributed by atoms with van der Waals surface area (Å²) in [6.07, 6.45) is 7.99. The molecule has 0 saturated heterocycles. The minimum Gasteiger partial charge on any atom is -0.245 e. The Labute approximate surface area is 97.6 Å². The van der Waals surface area contributed by atoms with E-state index < -0.39 is 0 Å². The van der Waals surface area contributed by atoms with E-state index in [1.165, 1.54) is 5.57 Å². The van der Waals surface area contributed by atoms with Gasteiger partial charge >= 0.3 is 0 Å². The molecule has 0 N–H and O–H groups in total. The molecule has 2 heteroatoms. The average Bonchev–Trinajstić information content (AvgIpc) is 2.66. The third-order valence-electron chi connectivity index (χ3n) is 1.34. The highest BCUT2D eigenvalue weighted by Gasteiger charge is 1.96. The lowest BCUT2D eigenvalue weighted by molar-refractivity contribution is 0.737. The molecular formula is C13H21NS. The predicted octanol–water partition coefficient (Wildman–Crippen LogP) is 4.78. The van der Waals surface area contributed by atoms with Crippen molar-refractivity contribution in [1.29, 1.82) is 0 Å². The molecule has 0 saturated carbocycles. The lowest BCUT2D eigenvalue weighted by Gasteiger charge is -1.92. The maximum atomic E-state index is 4.20. The van der Waals surface area contributed by atoms with E-state index in [0.717, 1.165) is 10.9 Å². The molecule has 1 nitrogen and oxygen atoms in total. The van der Waals surface area contributed by atoms with E-state index in [-0.39, 0.29) is 0 Å². The first kappa shape index (κ1) is 14.1. The second kappa shape index (κ2) is 8.42. The number of aromatic nitrogens is 1. The maximum absolute atomic E-state index is 4.20. The molecule has 0 aliphatic rings. The number of hydrogen-bond acceptors (Lipinski definition) is 2. The Balaban J connectivity index is 0.000000423. The quantitative estimate of drug-likeness (QED) is 0.657. The van der Waals surface area contributed by atoms with Gasteiger partial charge < -0.3 is 0 Å². The summed E-state index contributed by atoms with van der Waals surface area (Å²) < 4.78 is 0. The first-order valence-electron chi connectivity index (χ1n) is 5.30. The third-order valence-corrected chi connectivity index (χ3v) is 2.16. The summed E-state index contributed by atoms with van der Waals surface area (Å²) >= 11 is 1.66. The zero-order valence-corrected chi connectivity index (χ0v) is 11.1. The van der Waals surface area contributed by atoms with Crippen LogP contribution in [-0.2, 0) is 0 Å². The van der Waals surface area contributed by atoms with Gasteiger partial charge in [0.15, 0.2) is 0 Å². The van der Waals surface area contributed by atoms with E-state index in [9.17, 15) is 0 Å². The normalized spacial score (nSPS) is 11.7. The highest BCUT2D eigenvalue weighted by molar-refractivity contribution is 7.10. The molecule has 15 heavy (non-hydrogen) atoms. The Morgan fingerprint density at radius 2 is 1.93 bits per heavy atom. The molecule has 0 aliphatic carbocycles. The Morgan fingerprint density at radius 1 is 1.33 bits per heavy atom. The van der Waals surface area contributed by atoms with E-state index in [0.29, 0.717) is 0 Å². The molecule has 0 radical (unpaired) electrons. The summed E-state index contributed by atoms with van der Waals surface area (Å²) in [5, 5.41) is 3.08. The summed E-state index contributed by atoms with van der Waals surface area (Å²) in [7, 11) is 0. The monoisotopic (exact) mass is 223 g/mol. The van der Waals surface area contributed by atoms with Crippen molar-refractivity contribution in [2.45, 2.75) is 34.6 Å². The summed E-state index contributed by atoms with van der Waals surface area (Å²) in [5.41, 5.74) is 1.20. The van der Waals surface area contributed by atoms with Gasteiger partial charge in [0.1, 0.15) is 5.01 Å². The molecule has 0 fully saturated rings. The van der Waals surface area contributed by atoms with Crippen LogP contribution in [0.25, 0.3) is 5.57 Å². The largest absolute Gasteiger partial charge is 0.245 e. The van der Waals surface area contributed by atoms with Crippen LogP contribution in [0.15, 0.2) is 29.8 Å². The van der Waals surface area contributed by atoms with Gasteiger partial charge in [0.25, 0.3) is 0 Å². The lowest BCUT2D eigenvalue weighted by Crippen LogP contribution is -1.75. The van der Waals surface area contributed by atoms with E-state index in [2.05, 4.69) is 37.9 Å². The fraction of sp³-hybridized carbons (Fsp3) is 0.462. The van der Waals surface area contributed by atoms with E-state index >= 15 is 0 Å². The van der Waals surface area contributed by atoms with E-state index in [1.54, 1.807) is 11.3 Å². The van der Waals surface area contributed by atoms with Gasteiger partial charge in [0.2, 0.25) is 0 Å². The SMILES string of the molecule is C/C=C\C(=C/C)c1nccs1.CC(C)C. The first-order valence-corrected chi connectivity index (χ1v) is 6.18. The van der Waals surface area contributed by atoms with Crippen molar-refractivity contribution in [2.24, 2.45) is 5.92 Å². The molecule has 1 heterocycles. The van der Waals surface area contributed by atoms with Crippen LogP contribution < -0.4 is 0 Å². The van der Waals surface area contributed by atoms with Crippen molar-refractivity contribution in [3.8, 4) is 0 Å². The van der Waals surface area contributed by atoms with Crippen LogP contribution in [0, 0.1) is 5.92 Å². The predicted molar refractivity (Wildman–Crippen MR) is 71.1 cm³/mol. The van der Waals surface area contributed by atoms with Gasteiger partial charge in [-0.2, -0.15) is 0 Å². The van der Waals surface area contributed by atoms with Gasteiger partial charge in [-0.15, -0.1) is 11.3 Å². The highest BCUT2D eigenvalue weighted by Crippen LogP contribution is 2.17. The van der Waals surface area contributed by atoms with Crippen molar-refractivity contribution >= 4 is 16.9 Å². The maximum Gasteiger partial charge on any atom is 0.122 e. The average molecular weight is 223 g/mol. The van der Waals surface area contributed by atoms with E-state index in [1.807, 2.05) is 31.5 Å². The molecule has 0 amide bonds. The van der Waals surface area contributed by atoms with Crippen molar-refractivity contribution in [1.82, 2.24) is 4.98 Å². The minimum absolute atomic E-state index is 0.833. The number of rotatable bonds is 2. The first-order chi connectivity index (χ1) is 7.11. The topological polar surface area (TPSA) is 12.9 Å². The molecule has 1 rings (SSSR count). The Morgan fingerprint density at radius 3 is 2.27 bits per heavy atom. The Kier molecular flexibility index (Phi) is 7.92. The van der Waals surface area contributed by atoms with Crippen molar-refractivity contribution in [2.75, 3.05) is 0 Å². The molecule has 0 atom stereocenters. The van der Waals surface area contributed by atoms with Gasteiger partial charge in [-0.1, -0.05) is 39.0 Å². The number of nitrogens with zero attached hydrogens (tertiary/aromatic N) is 1. The molecule has 84 valence electrons. The number of hydrogen-bond donors (Lipinski definition) is 0. The zero-order valence-electron chi connectivity index (χ0n) is 10.3. The van der Waals surface area contributed by atoms with Crippen LogP contribution in [-0.4, -0.2) is 4.98 Å². The zero-order chi connectivity index (χ0) is 11.7. The van der Waals surface area contributed by atoms with Crippen LogP contribution >= 0.6 is 11.3 Å². The van der Waals surface area contributed by atoms with Crippen LogP contribution in [0.3, 0.4) is 0 Å². The van der Waals surface area contributed by atoms with Crippen LogP contribution in [0.4, 0.5) is 0 Å². The summed E-state index contributed by atoms with van der Waals surface area (Å²) in [4.78, 5) is 4.20. The standard InChI is InChI=1S/C9H11NS.C4H10/c1-3-5-8(4-2)9-10-6-7-11-9;1-4(2)3/h3-7H,1-2H3;4H,1-3H3/b5-3-,8-4+;. The molecule has 0 spiro atoms. The highest BCUT2D eigenvalue weighted by atomic mass is 32.1. The van der Waals surface area contributed by atoms with Gasteiger partial charge in [0, 0.05) is 17.2 Å². The third kappa shape index (κ3) is 7.09. The van der Waals surface area contributed by atoms with Crippen molar-refractivity contribution in [3.05, 3.63) is 34.8 Å². The molecule has 0 aromatic carbocycles. The molecule has 0 bridgehead atoms. The second-order valence-electron chi connectivity index (χ2n) is 3.81. The fourth-order valence-corrected chi connectivity index (χ4v) is 1.53. The van der Waals surface area contributed by atoms with Gasteiger partial charge in [-0.25, -0.2) is 4.98 Å². The summed E-state index contributed by atoms with van der Waals surface area (Å²) in [5.74, 6) is 0.833.